The second-order valence-corrected chi connectivity index (χ2v) is 8.40. The SMILES string of the molecule is Cc1cccc(C)c1C(=O)N[C@@H](Cc1ccc(NC(=O)c2c(Cl)cccc2Cl)cc1)C(=O)O. The minimum absolute atomic E-state index is 0.0799. The summed E-state index contributed by atoms with van der Waals surface area (Å²) in [5.74, 6) is -2.03. The van der Waals surface area contributed by atoms with Crippen LogP contribution in [0, 0.1) is 13.8 Å². The summed E-state index contributed by atoms with van der Waals surface area (Å²) in [6.45, 7) is 3.61. The molecule has 0 aliphatic carbocycles. The smallest absolute Gasteiger partial charge is 0.326 e. The Bertz CT molecular complexity index is 1170. The molecule has 0 heterocycles. The van der Waals surface area contributed by atoms with Gasteiger partial charge in [0.15, 0.2) is 0 Å². The van der Waals surface area contributed by atoms with Gasteiger partial charge in [-0.1, -0.05) is 59.6 Å². The van der Waals surface area contributed by atoms with Crippen LogP contribution in [-0.4, -0.2) is 28.9 Å². The number of carboxylic acids is 1. The lowest BCUT2D eigenvalue weighted by molar-refractivity contribution is -0.139. The highest BCUT2D eigenvalue weighted by Gasteiger charge is 2.23. The van der Waals surface area contributed by atoms with Crippen molar-refractivity contribution >= 4 is 46.7 Å². The molecule has 6 nitrogen and oxygen atoms in total. The topological polar surface area (TPSA) is 95.5 Å². The molecule has 3 N–H and O–H groups in total. The maximum absolute atomic E-state index is 12.7. The summed E-state index contributed by atoms with van der Waals surface area (Å²) in [5.41, 5.74) is 3.36. The summed E-state index contributed by atoms with van der Waals surface area (Å²) < 4.78 is 0. The van der Waals surface area contributed by atoms with Gasteiger partial charge >= 0.3 is 5.97 Å². The number of amides is 2. The summed E-state index contributed by atoms with van der Waals surface area (Å²) in [7, 11) is 0. The summed E-state index contributed by atoms with van der Waals surface area (Å²) in [4.78, 5) is 37.0. The molecule has 0 fully saturated rings. The van der Waals surface area contributed by atoms with E-state index in [4.69, 9.17) is 23.2 Å². The maximum atomic E-state index is 12.7. The number of anilines is 1. The zero-order chi connectivity index (χ0) is 24.1. The number of hydrogen-bond acceptors (Lipinski definition) is 3. The van der Waals surface area contributed by atoms with Gasteiger partial charge in [-0.15, -0.1) is 0 Å². The average Bonchev–Trinajstić information content (AvgIpc) is 2.74. The quantitative estimate of drug-likeness (QED) is 0.424. The lowest BCUT2D eigenvalue weighted by Gasteiger charge is -2.17. The minimum atomic E-state index is -1.14. The number of carbonyl (C=O) groups excluding carboxylic acids is 2. The van der Waals surface area contributed by atoms with Crippen molar-refractivity contribution < 1.29 is 19.5 Å². The Morgan fingerprint density at radius 3 is 1.91 bits per heavy atom. The van der Waals surface area contributed by atoms with Crippen molar-refractivity contribution in [1.82, 2.24) is 5.32 Å². The number of nitrogens with one attached hydrogen (secondary N) is 2. The molecule has 0 aliphatic rings. The molecule has 0 unspecified atom stereocenters. The van der Waals surface area contributed by atoms with E-state index < -0.39 is 23.8 Å². The molecule has 0 aliphatic heterocycles. The summed E-state index contributed by atoms with van der Waals surface area (Å²) in [6, 6.07) is 15.8. The lowest BCUT2D eigenvalue weighted by atomic mass is 10.0. The number of halogens is 2. The molecule has 3 aromatic rings. The molecule has 33 heavy (non-hydrogen) atoms. The fraction of sp³-hybridized carbons (Fsp3) is 0.160. The fourth-order valence-corrected chi connectivity index (χ4v) is 4.04. The average molecular weight is 485 g/mol. The van der Waals surface area contributed by atoms with Gasteiger partial charge in [-0.3, -0.25) is 9.59 Å². The van der Waals surface area contributed by atoms with Gasteiger partial charge in [-0.2, -0.15) is 0 Å². The first-order chi connectivity index (χ1) is 15.7. The van der Waals surface area contributed by atoms with Crippen molar-refractivity contribution in [3.05, 3.63) is 98.5 Å². The van der Waals surface area contributed by atoms with Gasteiger partial charge in [0.25, 0.3) is 11.8 Å². The van der Waals surface area contributed by atoms with Gasteiger partial charge < -0.3 is 15.7 Å². The Morgan fingerprint density at radius 2 is 1.36 bits per heavy atom. The van der Waals surface area contributed by atoms with E-state index in [0.717, 1.165) is 11.1 Å². The summed E-state index contributed by atoms with van der Waals surface area (Å²) in [5, 5.41) is 15.4. The van der Waals surface area contributed by atoms with Crippen LogP contribution >= 0.6 is 23.2 Å². The van der Waals surface area contributed by atoms with E-state index in [1.165, 1.54) is 0 Å². The van der Waals surface area contributed by atoms with Crippen LogP contribution in [0.1, 0.15) is 37.4 Å². The van der Waals surface area contributed by atoms with Crippen molar-refractivity contribution in [2.75, 3.05) is 5.32 Å². The largest absolute Gasteiger partial charge is 0.480 e. The predicted molar refractivity (Wildman–Crippen MR) is 129 cm³/mol. The molecule has 0 radical (unpaired) electrons. The third-order valence-electron chi connectivity index (χ3n) is 5.15. The highest BCUT2D eigenvalue weighted by Crippen LogP contribution is 2.25. The molecule has 3 rings (SSSR count). The zero-order valence-corrected chi connectivity index (χ0v) is 19.5. The molecule has 8 heteroatoms. The Kier molecular flexibility index (Phi) is 7.74. The Hall–Kier alpha value is -3.35. The van der Waals surface area contributed by atoms with Crippen molar-refractivity contribution in [2.45, 2.75) is 26.3 Å². The molecule has 1 atom stereocenters. The third-order valence-corrected chi connectivity index (χ3v) is 5.78. The van der Waals surface area contributed by atoms with Crippen LogP contribution in [0.15, 0.2) is 60.7 Å². The fourth-order valence-electron chi connectivity index (χ4n) is 3.47. The molecule has 0 saturated heterocycles. The minimum Gasteiger partial charge on any atom is -0.480 e. The number of aliphatic carboxylic acids is 1. The number of carboxylic acid groups (broad SMARTS) is 1. The second-order valence-electron chi connectivity index (χ2n) is 7.58. The lowest BCUT2D eigenvalue weighted by Crippen LogP contribution is -2.42. The molecule has 0 spiro atoms. The van der Waals surface area contributed by atoms with E-state index in [0.29, 0.717) is 16.8 Å². The molecule has 0 bridgehead atoms. The van der Waals surface area contributed by atoms with Gasteiger partial charge in [0.2, 0.25) is 0 Å². The van der Waals surface area contributed by atoms with Crippen molar-refractivity contribution in [1.29, 1.82) is 0 Å². The maximum Gasteiger partial charge on any atom is 0.326 e. The van der Waals surface area contributed by atoms with E-state index in [-0.39, 0.29) is 22.0 Å². The molecular formula is C25H22Cl2N2O4. The van der Waals surface area contributed by atoms with E-state index in [1.54, 1.807) is 68.4 Å². The monoisotopic (exact) mass is 484 g/mol. The normalized spacial score (nSPS) is 11.5. The highest BCUT2D eigenvalue weighted by atomic mass is 35.5. The number of carbonyl (C=O) groups is 3. The van der Waals surface area contributed by atoms with Crippen LogP contribution in [0.4, 0.5) is 5.69 Å². The number of hydrogen-bond donors (Lipinski definition) is 3. The van der Waals surface area contributed by atoms with Crippen LogP contribution in [0.5, 0.6) is 0 Å². The predicted octanol–water partition coefficient (Wildman–Crippen LogP) is 5.29. The molecule has 0 saturated carbocycles. The molecular weight excluding hydrogens is 463 g/mol. The molecule has 0 aromatic heterocycles. The third kappa shape index (κ3) is 5.92. The molecule has 3 aromatic carbocycles. The van der Waals surface area contributed by atoms with Crippen molar-refractivity contribution in [3.8, 4) is 0 Å². The Balaban J connectivity index is 1.70. The van der Waals surface area contributed by atoms with Crippen LogP contribution in [0.3, 0.4) is 0 Å². The van der Waals surface area contributed by atoms with E-state index in [9.17, 15) is 19.5 Å². The summed E-state index contributed by atoms with van der Waals surface area (Å²) in [6.07, 6.45) is 0.0799. The number of benzene rings is 3. The number of aryl methyl sites for hydroxylation is 2. The van der Waals surface area contributed by atoms with Crippen LogP contribution in [0.25, 0.3) is 0 Å². The molecule has 2 amide bonds. The van der Waals surface area contributed by atoms with E-state index in [2.05, 4.69) is 10.6 Å². The van der Waals surface area contributed by atoms with Crippen LogP contribution < -0.4 is 10.6 Å². The number of rotatable bonds is 7. The van der Waals surface area contributed by atoms with E-state index in [1.807, 2.05) is 6.07 Å². The van der Waals surface area contributed by atoms with Gasteiger partial charge in [-0.25, -0.2) is 4.79 Å². The summed E-state index contributed by atoms with van der Waals surface area (Å²) >= 11 is 12.1. The standard InChI is InChI=1S/C25H22Cl2N2O4/c1-14-5-3-6-15(2)21(14)23(30)29-20(25(32)33)13-16-9-11-17(12-10-16)28-24(31)22-18(26)7-4-8-19(22)27/h3-12,20H,13H2,1-2H3,(H,28,31)(H,29,30)(H,32,33)/t20-/m0/s1. The van der Waals surface area contributed by atoms with Crippen LogP contribution in [0.2, 0.25) is 10.0 Å². The first-order valence-electron chi connectivity index (χ1n) is 10.1. The van der Waals surface area contributed by atoms with Gasteiger partial charge in [0, 0.05) is 17.7 Å². The zero-order valence-electron chi connectivity index (χ0n) is 18.0. The van der Waals surface area contributed by atoms with E-state index >= 15 is 0 Å². The van der Waals surface area contributed by atoms with Crippen LogP contribution in [-0.2, 0) is 11.2 Å². The highest BCUT2D eigenvalue weighted by molar-refractivity contribution is 6.40. The molecule has 170 valence electrons. The first kappa shape index (κ1) is 24.3. The van der Waals surface area contributed by atoms with Crippen molar-refractivity contribution in [3.63, 3.8) is 0 Å². The van der Waals surface area contributed by atoms with Gasteiger partial charge in [-0.05, 0) is 54.8 Å². The second kappa shape index (κ2) is 10.5. The van der Waals surface area contributed by atoms with Crippen molar-refractivity contribution in [2.24, 2.45) is 0 Å². The Labute approximate surface area is 201 Å². The van der Waals surface area contributed by atoms with Gasteiger partial charge in [0.05, 0.1) is 15.6 Å². The first-order valence-corrected chi connectivity index (χ1v) is 10.9. The Morgan fingerprint density at radius 1 is 0.818 bits per heavy atom. The van der Waals surface area contributed by atoms with Gasteiger partial charge in [0.1, 0.15) is 6.04 Å².